The van der Waals surface area contributed by atoms with E-state index in [-0.39, 0.29) is 5.91 Å². The molecule has 6 heteroatoms. The van der Waals surface area contributed by atoms with Gasteiger partial charge in [-0.15, -0.1) is 11.3 Å². The maximum absolute atomic E-state index is 12.0. The Morgan fingerprint density at radius 3 is 2.80 bits per heavy atom. The van der Waals surface area contributed by atoms with Gasteiger partial charge in [-0.1, -0.05) is 29.8 Å². The molecule has 1 aromatic heterocycles. The number of aromatic nitrogens is 1. The standard InChI is InChI=1S/C14H14Br2N2OS/c1-8(2)14-17-10(7-20-14)6-13(19)18-12-5-9(15)3-4-11(12)16/h3-5,7-8H,6H2,1-2H3,(H,18,19). The fourth-order valence-corrected chi connectivity index (χ4v) is 3.16. The lowest BCUT2D eigenvalue weighted by Gasteiger charge is -2.07. The zero-order chi connectivity index (χ0) is 14.7. The number of thiazole rings is 1. The van der Waals surface area contributed by atoms with Gasteiger partial charge in [-0.05, 0) is 34.1 Å². The van der Waals surface area contributed by atoms with E-state index >= 15 is 0 Å². The van der Waals surface area contributed by atoms with Gasteiger partial charge in [0.1, 0.15) is 0 Å². The van der Waals surface area contributed by atoms with Gasteiger partial charge in [-0.2, -0.15) is 0 Å². The highest BCUT2D eigenvalue weighted by Gasteiger charge is 2.11. The van der Waals surface area contributed by atoms with Crippen LogP contribution in [0.1, 0.15) is 30.5 Å². The molecule has 0 unspecified atom stereocenters. The Morgan fingerprint density at radius 1 is 1.40 bits per heavy atom. The van der Waals surface area contributed by atoms with E-state index in [0.29, 0.717) is 12.3 Å². The van der Waals surface area contributed by atoms with Crippen molar-refractivity contribution in [1.82, 2.24) is 4.98 Å². The van der Waals surface area contributed by atoms with Crippen LogP contribution in [0.5, 0.6) is 0 Å². The van der Waals surface area contributed by atoms with Gasteiger partial charge in [0, 0.05) is 20.2 Å². The number of carbonyl (C=O) groups excluding carboxylic acids is 1. The van der Waals surface area contributed by atoms with Gasteiger partial charge < -0.3 is 5.32 Å². The molecule has 0 spiro atoms. The number of amides is 1. The second-order valence-corrected chi connectivity index (χ2v) is 7.34. The number of hydrogen-bond acceptors (Lipinski definition) is 3. The summed E-state index contributed by atoms with van der Waals surface area (Å²) < 4.78 is 1.78. The summed E-state index contributed by atoms with van der Waals surface area (Å²) in [6.45, 7) is 4.20. The summed E-state index contributed by atoms with van der Waals surface area (Å²) in [5.74, 6) is 0.334. The van der Waals surface area contributed by atoms with Crippen molar-refractivity contribution in [3.63, 3.8) is 0 Å². The molecule has 0 radical (unpaired) electrons. The highest BCUT2D eigenvalue weighted by atomic mass is 79.9. The molecule has 0 atom stereocenters. The lowest BCUT2D eigenvalue weighted by Crippen LogP contribution is -2.15. The first-order valence-corrected chi connectivity index (χ1v) is 8.61. The summed E-state index contributed by atoms with van der Waals surface area (Å²) in [5.41, 5.74) is 1.58. The van der Waals surface area contributed by atoms with E-state index < -0.39 is 0 Å². The molecular formula is C14H14Br2N2OS. The third kappa shape index (κ3) is 4.14. The predicted molar refractivity (Wildman–Crippen MR) is 90.4 cm³/mol. The van der Waals surface area contributed by atoms with Crippen molar-refractivity contribution in [3.05, 3.63) is 43.2 Å². The molecule has 0 aliphatic carbocycles. The monoisotopic (exact) mass is 416 g/mol. The normalized spacial score (nSPS) is 10.8. The van der Waals surface area contributed by atoms with Crippen LogP contribution in [0.3, 0.4) is 0 Å². The predicted octanol–water partition coefficient (Wildman–Crippen LogP) is 4.97. The van der Waals surface area contributed by atoms with Crippen LogP contribution in [-0.4, -0.2) is 10.9 Å². The van der Waals surface area contributed by atoms with Crippen LogP contribution in [0.2, 0.25) is 0 Å². The maximum atomic E-state index is 12.0. The first-order valence-electron chi connectivity index (χ1n) is 6.15. The smallest absolute Gasteiger partial charge is 0.230 e. The number of carbonyl (C=O) groups is 1. The molecule has 20 heavy (non-hydrogen) atoms. The van der Waals surface area contributed by atoms with E-state index in [0.717, 1.165) is 25.3 Å². The molecule has 0 fully saturated rings. The largest absolute Gasteiger partial charge is 0.325 e. The van der Waals surface area contributed by atoms with Crippen LogP contribution < -0.4 is 5.32 Å². The SMILES string of the molecule is CC(C)c1nc(CC(=O)Nc2cc(Br)ccc2Br)cs1. The van der Waals surface area contributed by atoms with Crippen LogP contribution in [-0.2, 0) is 11.2 Å². The summed E-state index contributed by atoms with van der Waals surface area (Å²) in [6.07, 6.45) is 0.294. The number of hydrogen-bond donors (Lipinski definition) is 1. The Balaban J connectivity index is 2.03. The number of halogens is 2. The van der Waals surface area contributed by atoms with Crippen molar-refractivity contribution < 1.29 is 4.79 Å². The number of anilines is 1. The van der Waals surface area contributed by atoms with Gasteiger partial charge in [-0.25, -0.2) is 4.98 Å². The quantitative estimate of drug-likeness (QED) is 0.762. The van der Waals surface area contributed by atoms with Gasteiger partial charge in [-0.3, -0.25) is 4.79 Å². The van der Waals surface area contributed by atoms with Crippen LogP contribution in [0, 0.1) is 0 Å². The number of rotatable bonds is 4. The number of nitrogens with one attached hydrogen (secondary N) is 1. The minimum absolute atomic E-state index is 0.0654. The summed E-state index contributed by atoms with van der Waals surface area (Å²) in [6, 6.07) is 5.66. The molecule has 0 saturated carbocycles. The Bertz CT molecular complexity index is 625. The zero-order valence-corrected chi connectivity index (χ0v) is 15.1. The molecule has 106 valence electrons. The second kappa shape index (κ2) is 6.83. The minimum atomic E-state index is -0.0654. The van der Waals surface area contributed by atoms with Gasteiger partial charge in [0.05, 0.1) is 22.8 Å². The highest BCUT2D eigenvalue weighted by Crippen LogP contribution is 2.26. The molecular weight excluding hydrogens is 404 g/mol. The van der Waals surface area contributed by atoms with Crippen LogP contribution in [0.4, 0.5) is 5.69 Å². The van der Waals surface area contributed by atoms with Crippen molar-refractivity contribution in [2.75, 3.05) is 5.32 Å². The van der Waals surface area contributed by atoms with Crippen molar-refractivity contribution >= 4 is 54.8 Å². The molecule has 0 aliphatic rings. The molecule has 1 amide bonds. The average molecular weight is 418 g/mol. The molecule has 0 bridgehead atoms. The molecule has 2 aromatic rings. The molecule has 0 saturated heterocycles. The lowest BCUT2D eigenvalue weighted by atomic mass is 10.2. The summed E-state index contributed by atoms with van der Waals surface area (Å²) in [5, 5.41) is 5.90. The van der Waals surface area contributed by atoms with Crippen molar-refractivity contribution in [1.29, 1.82) is 0 Å². The molecule has 2 rings (SSSR count). The molecule has 1 heterocycles. The summed E-state index contributed by atoms with van der Waals surface area (Å²) >= 11 is 8.41. The molecule has 0 aliphatic heterocycles. The van der Waals surface area contributed by atoms with Crippen LogP contribution in [0.15, 0.2) is 32.5 Å². The first-order chi connectivity index (χ1) is 9.45. The van der Waals surface area contributed by atoms with E-state index in [1.807, 2.05) is 23.6 Å². The number of nitrogens with zero attached hydrogens (tertiary/aromatic N) is 1. The Morgan fingerprint density at radius 2 is 2.15 bits per heavy atom. The van der Waals surface area contributed by atoms with E-state index in [2.05, 4.69) is 56.0 Å². The topological polar surface area (TPSA) is 42.0 Å². The lowest BCUT2D eigenvalue weighted by molar-refractivity contribution is -0.115. The van der Waals surface area contributed by atoms with E-state index in [1.165, 1.54) is 0 Å². The fourth-order valence-electron chi connectivity index (χ4n) is 1.62. The van der Waals surface area contributed by atoms with Gasteiger partial charge in [0.15, 0.2) is 0 Å². The summed E-state index contributed by atoms with van der Waals surface area (Å²) in [4.78, 5) is 16.5. The van der Waals surface area contributed by atoms with Crippen molar-refractivity contribution in [3.8, 4) is 0 Å². The van der Waals surface area contributed by atoms with Gasteiger partial charge >= 0.3 is 0 Å². The van der Waals surface area contributed by atoms with Crippen LogP contribution >= 0.6 is 43.2 Å². The highest BCUT2D eigenvalue weighted by molar-refractivity contribution is 9.11. The third-order valence-corrected chi connectivity index (χ3v) is 4.99. The molecule has 1 aromatic carbocycles. The van der Waals surface area contributed by atoms with E-state index in [1.54, 1.807) is 11.3 Å². The van der Waals surface area contributed by atoms with Crippen molar-refractivity contribution in [2.45, 2.75) is 26.2 Å². The minimum Gasteiger partial charge on any atom is -0.325 e. The fraction of sp³-hybridized carbons (Fsp3) is 0.286. The number of benzene rings is 1. The molecule has 1 N–H and O–H groups in total. The Kier molecular flexibility index (Phi) is 5.35. The maximum Gasteiger partial charge on any atom is 0.230 e. The van der Waals surface area contributed by atoms with E-state index in [9.17, 15) is 4.79 Å². The van der Waals surface area contributed by atoms with Crippen molar-refractivity contribution in [2.24, 2.45) is 0 Å². The first kappa shape index (κ1) is 15.7. The van der Waals surface area contributed by atoms with E-state index in [4.69, 9.17) is 0 Å². The zero-order valence-electron chi connectivity index (χ0n) is 11.1. The second-order valence-electron chi connectivity index (χ2n) is 4.68. The Labute approximate surface area is 139 Å². The van der Waals surface area contributed by atoms with Gasteiger partial charge in [0.25, 0.3) is 0 Å². The average Bonchev–Trinajstić information content (AvgIpc) is 2.82. The summed E-state index contributed by atoms with van der Waals surface area (Å²) in [7, 11) is 0. The molecule has 3 nitrogen and oxygen atoms in total. The Hall–Kier alpha value is -0.720. The van der Waals surface area contributed by atoms with Crippen LogP contribution in [0.25, 0.3) is 0 Å². The van der Waals surface area contributed by atoms with Gasteiger partial charge in [0.2, 0.25) is 5.91 Å². The third-order valence-electron chi connectivity index (χ3n) is 2.61.